The summed E-state index contributed by atoms with van der Waals surface area (Å²) in [6.45, 7) is 0. The average Bonchev–Trinajstić information content (AvgIpc) is 2.59. The molecule has 170 valence electrons. The van der Waals surface area contributed by atoms with E-state index in [2.05, 4.69) is 25.9 Å². The van der Waals surface area contributed by atoms with Crippen LogP contribution >= 0.6 is 27.5 Å². The smallest absolute Gasteiger partial charge is 0.318 e. The molecule has 1 N–H and O–H groups in total. The number of hydrogen-bond donors (Lipinski definition) is 1. The van der Waals surface area contributed by atoms with Gasteiger partial charge in [0.15, 0.2) is 0 Å². The van der Waals surface area contributed by atoms with Crippen molar-refractivity contribution in [2.24, 2.45) is 0 Å². The number of rotatable bonds is 3. The summed E-state index contributed by atoms with van der Waals surface area (Å²) < 4.78 is 131. The van der Waals surface area contributed by atoms with E-state index in [-0.39, 0.29) is 11.2 Å². The topological polar surface area (TPSA) is 54.9 Å². The summed E-state index contributed by atoms with van der Waals surface area (Å²) in [7, 11) is 0. The standard InChI is InChI=1S/C15H5BrClF10N3O/c16-7-4-5(12(18,14(22,23)24)15(25,26)27)3-6(13(19,20)21)9(7)30-11(31)10-28-2-1-8(17)29-10/h1-4H,(H,30,31). The molecule has 2 rings (SSSR count). The van der Waals surface area contributed by atoms with Gasteiger partial charge >= 0.3 is 24.2 Å². The quantitative estimate of drug-likeness (QED) is 0.354. The lowest BCUT2D eigenvalue weighted by atomic mass is 9.92. The molecule has 0 aliphatic rings. The lowest BCUT2D eigenvalue weighted by Crippen LogP contribution is -2.50. The number of alkyl halides is 10. The SMILES string of the molecule is O=C(Nc1c(Br)cc(C(F)(C(F)(F)F)C(F)(F)F)cc1C(F)(F)F)c1nccc(Cl)n1. The Kier molecular flexibility index (Phi) is 6.54. The predicted octanol–water partition coefficient (Wildman–Crippen LogP) is 6.45. The molecule has 0 bridgehead atoms. The fourth-order valence-corrected chi connectivity index (χ4v) is 2.96. The fourth-order valence-electron chi connectivity index (χ4n) is 2.26. The van der Waals surface area contributed by atoms with Crippen LogP contribution in [0.15, 0.2) is 28.9 Å². The van der Waals surface area contributed by atoms with Crippen LogP contribution in [0.3, 0.4) is 0 Å². The Morgan fingerprint density at radius 1 is 0.968 bits per heavy atom. The van der Waals surface area contributed by atoms with Gasteiger partial charge in [-0.3, -0.25) is 4.79 Å². The minimum Gasteiger partial charge on any atom is -0.318 e. The Balaban J connectivity index is 2.70. The van der Waals surface area contributed by atoms with Crippen molar-refractivity contribution in [2.75, 3.05) is 5.32 Å². The molecule has 0 aliphatic carbocycles. The zero-order chi connectivity index (χ0) is 24.0. The van der Waals surface area contributed by atoms with E-state index in [4.69, 9.17) is 11.6 Å². The highest BCUT2D eigenvalue weighted by Gasteiger charge is 2.73. The van der Waals surface area contributed by atoms with Crippen LogP contribution < -0.4 is 5.32 Å². The van der Waals surface area contributed by atoms with E-state index in [1.54, 1.807) is 5.32 Å². The van der Waals surface area contributed by atoms with Crippen LogP contribution in [0.4, 0.5) is 49.6 Å². The van der Waals surface area contributed by atoms with Crippen molar-refractivity contribution in [3.8, 4) is 0 Å². The lowest BCUT2D eigenvalue weighted by Gasteiger charge is -2.31. The molecular weight excluding hydrogens is 544 g/mol. The maximum atomic E-state index is 14.2. The van der Waals surface area contributed by atoms with E-state index in [1.807, 2.05) is 0 Å². The molecule has 0 radical (unpaired) electrons. The fraction of sp³-hybridized carbons (Fsp3) is 0.267. The maximum absolute atomic E-state index is 14.2. The van der Waals surface area contributed by atoms with Gasteiger partial charge in [-0.25, -0.2) is 14.4 Å². The summed E-state index contributed by atoms with van der Waals surface area (Å²) in [5.74, 6) is -2.19. The molecule has 1 amide bonds. The lowest BCUT2D eigenvalue weighted by molar-refractivity contribution is -0.348. The first-order chi connectivity index (χ1) is 13.9. The third kappa shape index (κ3) is 4.86. The Bertz CT molecular complexity index is 992. The molecule has 0 saturated carbocycles. The minimum atomic E-state index is -6.65. The first-order valence-electron chi connectivity index (χ1n) is 7.43. The molecule has 0 spiro atoms. The second-order valence-electron chi connectivity index (χ2n) is 5.69. The summed E-state index contributed by atoms with van der Waals surface area (Å²) in [4.78, 5) is 18.9. The molecule has 4 nitrogen and oxygen atoms in total. The third-order valence-electron chi connectivity index (χ3n) is 3.64. The third-order valence-corrected chi connectivity index (χ3v) is 4.47. The van der Waals surface area contributed by atoms with Gasteiger partial charge in [-0.2, -0.15) is 39.5 Å². The molecule has 1 aromatic carbocycles. The molecule has 0 saturated heterocycles. The Morgan fingerprint density at radius 2 is 1.52 bits per heavy atom. The number of aromatic nitrogens is 2. The molecule has 31 heavy (non-hydrogen) atoms. The summed E-state index contributed by atoms with van der Waals surface area (Å²) >= 11 is 7.86. The number of carbonyl (C=O) groups excluding carboxylic acids is 1. The van der Waals surface area contributed by atoms with Gasteiger partial charge in [0.2, 0.25) is 5.82 Å². The normalized spacial score (nSPS) is 13.3. The van der Waals surface area contributed by atoms with E-state index in [0.29, 0.717) is 0 Å². The molecule has 16 heteroatoms. The van der Waals surface area contributed by atoms with Crippen LogP contribution in [0.1, 0.15) is 21.7 Å². The Morgan fingerprint density at radius 3 is 1.97 bits per heavy atom. The van der Waals surface area contributed by atoms with Crippen LogP contribution in [-0.2, 0) is 11.8 Å². The zero-order valence-electron chi connectivity index (χ0n) is 14.1. The molecule has 1 aromatic heterocycles. The highest BCUT2D eigenvalue weighted by atomic mass is 79.9. The highest BCUT2D eigenvalue weighted by molar-refractivity contribution is 9.10. The van der Waals surface area contributed by atoms with Gasteiger partial charge in [-0.15, -0.1) is 0 Å². The van der Waals surface area contributed by atoms with Gasteiger partial charge in [0.05, 0.1) is 11.3 Å². The van der Waals surface area contributed by atoms with Crippen LogP contribution in [0.25, 0.3) is 0 Å². The number of benzene rings is 1. The number of halogens is 12. The van der Waals surface area contributed by atoms with E-state index in [1.165, 1.54) is 0 Å². The number of anilines is 1. The molecule has 0 aliphatic heterocycles. The van der Waals surface area contributed by atoms with Gasteiger partial charge in [0.1, 0.15) is 5.15 Å². The van der Waals surface area contributed by atoms with Crippen molar-refractivity contribution in [1.82, 2.24) is 9.97 Å². The molecule has 0 unspecified atom stereocenters. The molecule has 0 atom stereocenters. The van der Waals surface area contributed by atoms with E-state index in [0.717, 1.165) is 12.3 Å². The van der Waals surface area contributed by atoms with E-state index in [9.17, 15) is 48.7 Å². The zero-order valence-corrected chi connectivity index (χ0v) is 16.5. The van der Waals surface area contributed by atoms with Crippen LogP contribution in [0.5, 0.6) is 0 Å². The summed E-state index contributed by atoms with van der Waals surface area (Å²) in [5.41, 5.74) is -12.0. The predicted molar refractivity (Wildman–Crippen MR) is 89.0 cm³/mol. The number of hydrogen-bond acceptors (Lipinski definition) is 3. The van der Waals surface area contributed by atoms with Crippen LogP contribution in [0.2, 0.25) is 5.15 Å². The average molecular weight is 549 g/mol. The number of nitrogens with zero attached hydrogens (tertiary/aromatic N) is 2. The Hall–Kier alpha value is -2.16. The maximum Gasteiger partial charge on any atom is 0.435 e. The van der Waals surface area contributed by atoms with Crippen molar-refractivity contribution >= 4 is 39.1 Å². The highest BCUT2D eigenvalue weighted by Crippen LogP contribution is 2.55. The van der Waals surface area contributed by atoms with Crippen molar-refractivity contribution in [3.05, 3.63) is 51.0 Å². The number of nitrogens with one attached hydrogen (secondary N) is 1. The minimum absolute atomic E-state index is 0.176. The molecule has 2 aromatic rings. The monoisotopic (exact) mass is 547 g/mol. The molecule has 1 heterocycles. The van der Waals surface area contributed by atoms with Gasteiger partial charge in [-0.1, -0.05) is 11.6 Å². The number of carbonyl (C=O) groups is 1. The molecular formula is C15H5BrClF10N3O. The Labute approximate surface area is 178 Å². The van der Waals surface area contributed by atoms with Gasteiger partial charge in [0, 0.05) is 16.2 Å². The van der Waals surface area contributed by atoms with Crippen LogP contribution in [0, 0.1) is 0 Å². The second-order valence-corrected chi connectivity index (χ2v) is 6.93. The van der Waals surface area contributed by atoms with Crippen molar-refractivity contribution < 1.29 is 48.7 Å². The largest absolute Gasteiger partial charge is 0.435 e. The molecule has 0 fully saturated rings. The number of amides is 1. The van der Waals surface area contributed by atoms with E-state index >= 15 is 0 Å². The van der Waals surface area contributed by atoms with Crippen LogP contribution in [-0.4, -0.2) is 28.2 Å². The van der Waals surface area contributed by atoms with E-state index < -0.39 is 63.3 Å². The van der Waals surface area contributed by atoms with Crippen molar-refractivity contribution in [2.45, 2.75) is 24.2 Å². The summed E-state index contributed by atoms with van der Waals surface area (Å²) in [6.07, 6.45) is -17.9. The van der Waals surface area contributed by atoms with Gasteiger partial charge in [-0.05, 0) is 34.1 Å². The first-order valence-corrected chi connectivity index (χ1v) is 8.60. The first kappa shape index (κ1) is 25.1. The van der Waals surface area contributed by atoms with Crippen molar-refractivity contribution in [1.29, 1.82) is 0 Å². The summed E-state index contributed by atoms with van der Waals surface area (Å²) in [6, 6.07) is 0.240. The second kappa shape index (κ2) is 8.07. The van der Waals surface area contributed by atoms with Gasteiger partial charge < -0.3 is 5.32 Å². The van der Waals surface area contributed by atoms with Gasteiger partial charge in [0.25, 0.3) is 5.91 Å². The summed E-state index contributed by atoms with van der Waals surface area (Å²) in [5, 5.41) is 1.32. The van der Waals surface area contributed by atoms with Crippen molar-refractivity contribution in [3.63, 3.8) is 0 Å².